The zero-order chi connectivity index (χ0) is 20.4. The number of hydrogen-bond acceptors (Lipinski definition) is 3. The molecule has 27 heavy (non-hydrogen) atoms. The predicted octanol–water partition coefficient (Wildman–Crippen LogP) is 5.41. The third kappa shape index (κ3) is 6.20. The van der Waals surface area contributed by atoms with Gasteiger partial charge in [0.05, 0.1) is 6.10 Å². The highest BCUT2D eigenvalue weighted by Crippen LogP contribution is 2.36. The average Bonchev–Trinajstić information content (AvgIpc) is 2.55. The summed E-state index contributed by atoms with van der Waals surface area (Å²) in [6.07, 6.45) is -10.1. The van der Waals surface area contributed by atoms with Crippen LogP contribution in [0.5, 0.6) is 11.5 Å². The van der Waals surface area contributed by atoms with E-state index >= 15 is 0 Å². The van der Waals surface area contributed by atoms with Crippen LogP contribution in [0, 0.1) is 5.92 Å². The van der Waals surface area contributed by atoms with E-state index in [4.69, 9.17) is 0 Å². The number of fused-ring (bicyclic) bond motifs is 1. The molecule has 0 saturated carbocycles. The Morgan fingerprint density at radius 2 is 1.30 bits per heavy atom. The molecule has 0 spiro atoms. The number of benzene rings is 2. The molecule has 2 aromatic carbocycles. The van der Waals surface area contributed by atoms with Crippen LogP contribution in [-0.2, 0) is 0 Å². The number of rotatable bonds is 6. The number of aliphatic hydroxyl groups is 1. The van der Waals surface area contributed by atoms with Gasteiger partial charge in [-0.2, -0.15) is 26.3 Å². The first-order valence-electron chi connectivity index (χ1n) is 8.00. The van der Waals surface area contributed by atoms with Crippen LogP contribution in [0.25, 0.3) is 10.8 Å². The predicted molar refractivity (Wildman–Crippen MR) is 86.8 cm³/mol. The minimum Gasteiger partial charge on any atom is -0.480 e. The summed E-state index contributed by atoms with van der Waals surface area (Å²) in [5.41, 5.74) is 0.531. The van der Waals surface area contributed by atoms with E-state index < -0.39 is 43.2 Å². The molecule has 3 nitrogen and oxygen atoms in total. The first-order chi connectivity index (χ1) is 12.4. The molecule has 0 aliphatic carbocycles. The van der Waals surface area contributed by atoms with E-state index in [-0.39, 0.29) is 5.92 Å². The normalized spacial score (nSPS) is 13.9. The van der Waals surface area contributed by atoms with E-state index in [1.165, 1.54) is 12.1 Å². The fraction of sp³-hybridized carbons (Fsp3) is 0.444. The fourth-order valence-electron chi connectivity index (χ4n) is 2.39. The van der Waals surface area contributed by atoms with Gasteiger partial charge in [0.15, 0.2) is 24.7 Å². The van der Waals surface area contributed by atoms with E-state index in [2.05, 4.69) is 9.47 Å². The van der Waals surface area contributed by atoms with Crippen molar-refractivity contribution in [3.05, 3.63) is 35.9 Å². The smallest absolute Gasteiger partial charge is 0.422 e. The molecular weight excluding hydrogens is 378 g/mol. The third-order valence-electron chi connectivity index (χ3n) is 3.68. The van der Waals surface area contributed by atoms with Crippen LogP contribution >= 0.6 is 0 Å². The lowest BCUT2D eigenvalue weighted by molar-refractivity contribution is -0.158. The summed E-state index contributed by atoms with van der Waals surface area (Å²) < 4.78 is 83.8. The maximum atomic E-state index is 12.4. The monoisotopic (exact) mass is 396 g/mol. The first kappa shape index (κ1) is 21.1. The van der Waals surface area contributed by atoms with Crippen LogP contribution in [0.15, 0.2) is 30.3 Å². The van der Waals surface area contributed by atoms with Gasteiger partial charge in [0, 0.05) is 0 Å². The fourth-order valence-corrected chi connectivity index (χ4v) is 2.39. The Kier molecular flexibility index (Phi) is 6.14. The summed E-state index contributed by atoms with van der Waals surface area (Å²) >= 11 is 0. The number of halogens is 6. The second kappa shape index (κ2) is 7.84. The molecule has 0 saturated heterocycles. The molecule has 150 valence electrons. The lowest BCUT2D eigenvalue weighted by Gasteiger charge is -2.18. The Balaban J connectivity index is 2.43. The van der Waals surface area contributed by atoms with Gasteiger partial charge in [-0.1, -0.05) is 26.0 Å². The van der Waals surface area contributed by atoms with Crippen LogP contribution < -0.4 is 9.47 Å². The highest BCUT2D eigenvalue weighted by molar-refractivity contribution is 5.86. The van der Waals surface area contributed by atoms with Crippen LogP contribution in [0.4, 0.5) is 26.3 Å². The minimum atomic E-state index is -4.66. The van der Waals surface area contributed by atoms with Crippen LogP contribution in [0.1, 0.15) is 25.5 Å². The summed E-state index contributed by atoms with van der Waals surface area (Å²) in [6.45, 7) is 0.252. The van der Waals surface area contributed by atoms with Crippen molar-refractivity contribution in [2.24, 2.45) is 5.92 Å². The molecule has 1 N–H and O–H groups in total. The Morgan fingerprint density at radius 1 is 0.815 bits per heavy atom. The molecule has 2 rings (SSSR count). The summed E-state index contributed by atoms with van der Waals surface area (Å²) in [5, 5.41) is 11.0. The van der Waals surface area contributed by atoms with E-state index in [1.807, 2.05) is 0 Å². The average molecular weight is 396 g/mol. The molecule has 0 fully saturated rings. The molecule has 0 bridgehead atoms. The Morgan fingerprint density at radius 3 is 1.74 bits per heavy atom. The molecule has 0 heterocycles. The van der Waals surface area contributed by atoms with Crippen LogP contribution in [0.3, 0.4) is 0 Å². The maximum Gasteiger partial charge on any atom is 0.422 e. The Bertz CT molecular complexity index is 783. The van der Waals surface area contributed by atoms with Gasteiger partial charge in [-0.3, -0.25) is 0 Å². The quantitative estimate of drug-likeness (QED) is 0.664. The SMILES string of the molecule is CC(C)C(O)c1ccc2cc(OCC(F)(F)F)c(OCC(F)(F)F)cc2c1. The highest BCUT2D eigenvalue weighted by atomic mass is 19.4. The van der Waals surface area contributed by atoms with Crippen molar-refractivity contribution in [2.45, 2.75) is 32.3 Å². The van der Waals surface area contributed by atoms with Crippen molar-refractivity contribution in [1.82, 2.24) is 0 Å². The molecule has 1 atom stereocenters. The lowest BCUT2D eigenvalue weighted by atomic mass is 9.96. The molecule has 9 heteroatoms. The molecule has 2 aromatic rings. The zero-order valence-corrected chi connectivity index (χ0v) is 14.5. The summed E-state index contributed by atoms with van der Waals surface area (Å²) in [4.78, 5) is 0. The number of hydrogen-bond donors (Lipinski definition) is 1. The topological polar surface area (TPSA) is 38.7 Å². The van der Waals surface area contributed by atoms with Gasteiger partial charge in [-0.05, 0) is 40.5 Å². The van der Waals surface area contributed by atoms with Crippen molar-refractivity contribution >= 4 is 10.8 Å². The first-order valence-corrected chi connectivity index (χ1v) is 8.00. The molecule has 0 aliphatic heterocycles. The summed E-state index contributed by atoms with van der Waals surface area (Å²) in [6, 6.07) is 7.04. The van der Waals surface area contributed by atoms with Gasteiger partial charge in [0.25, 0.3) is 0 Å². The molecule has 0 aromatic heterocycles. The van der Waals surface area contributed by atoms with Gasteiger partial charge in [0.1, 0.15) is 0 Å². The number of aliphatic hydroxyl groups excluding tert-OH is 1. The van der Waals surface area contributed by atoms with Gasteiger partial charge >= 0.3 is 12.4 Å². The molecular formula is C18H18F6O3. The highest BCUT2D eigenvalue weighted by Gasteiger charge is 2.31. The number of alkyl halides is 6. The second-order valence-electron chi connectivity index (χ2n) is 6.40. The second-order valence-corrected chi connectivity index (χ2v) is 6.40. The molecule has 0 aliphatic rings. The van der Waals surface area contributed by atoms with Crippen molar-refractivity contribution in [3.8, 4) is 11.5 Å². The Labute approximate surface area is 151 Å². The summed E-state index contributed by atoms with van der Waals surface area (Å²) in [7, 11) is 0. The van der Waals surface area contributed by atoms with Crippen molar-refractivity contribution in [3.63, 3.8) is 0 Å². The Hall–Kier alpha value is -2.16. The third-order valence-corrected chi connectivity index (χ3v) is 3.68. The van der Waals surface area contributed by atoms with Gasteiger partial charge in [0.2, 0.25) is 0 Å². The zero-order valence-electron chi connectivity index (χ0n) is 14.5. The van der Waals surface area contributed by atoms with Crippen LogP contribution in [0.2, 0.25) is 0 Å². The van der Waals surface area contributed by atoms with Crippen molar-refractivity contribution < 1.29 is 40.9 Å². The largest absolute Gasteiger partial charge is 0.480 e. The molecule has 1 unspecified atom stereocenters. The summed E-state index contributed by atoms with van der Waals surface area (Å²) in [5.74, 6) is -1.00. The van der Waals surface area contributed by atoms with E-state index in [0.717, 1.165) is 0 Å². The van der Waals surface area contributed by atoms with E-state index in [9.17, 15) is 31.4 Å². The maximum absolute atomic E-state index is 12.4. The van der Waals surface area contributed by atoms with Crippen molar-refractivity contribution in [2.75, 3.05) is 13.2 Å². The lowest BCUT2D eigenvalue weighted by Crippen LogP contribution is -2.21. The number of ether oxygens (including phenoxy) is 2. The van der Waals surface area contributed by atoms with E-state index in [0.29, 0.717) is 16.3 Å². The van der Waals surface area contributed by atoms with Gasteiger partial charge < -0.3 is 14.6 Å². The van der Waals surface area contributed by atoms with E-state index in [1.54, 1.807) is 32.0 Å². The molecule has 0 radical (unpaired) electrons. The van der Waals surface area contributed by atoms with Crippen molar-refractivity contribution in [1.29, 1.82) is 0 Å². The standard InChI is InChI=1S/C18H18F6O3/c1-10(2)16(25)12-4-3-11-6-14(26-8-17(19,20)21)15(7-13(11)5-12)27-9-18(22,23)24/h3-7,10,16,25H,8-9H2,1-2H3. The van der Waals surface area contributed by atoms with Crippen LogP contribution in [-0.4, -0.2) is 30.7 Å². The minimum absolute atomic E-state index is 0.0993. The molecule has 0 amide bonds. The van der Waals surface area contributed by atoms with Gasteiger partial charge in [-0.25, -0.2) is 0 Å². The van der Waals surface area contributed by atoms with Gasteiger partial charge in [-0.15, -0.1) is 0 Å².